The highest BCUT2D eigenvalue weighted by atomic mass is 16.5. The Morgan fingerprint density at radius 2 is 1.70 bits per heavy atom. The molecule has 0 unspecified atom stereocenters. The molecule has 110 valence electrons. The van der Waals surface area contributed by atoms with Crippen LogP contribution in [0.5, 0.6) is 0 Å². The average molecular weight is 274 g/mol. The third-order valence-corrected chi connectivity index (χ3v) is 3.21. The van der Waals surface area contributed by atoms with Crippen molar-refractivity contribution in [3.05, 3.63) is 48.0 Å². The Balaban J connectivity index is 2.01. The molecule has 0 aliphatic carbocycles. The second kappa shape index (κ2) is 11.3. The largest absolute Gasteiger partial charge is 0.458 e. The monoisotopic (exact) mass is 274 g/mol. The molecule has 0 saturated carbocycles. The number of rotatable bonds is 10. The number of carbonyl (C=O) groups excluding carboxylic acids is 1. The number of hydrogen-bond donors (Lipinski definition) is 0. The molecule has 0 radical (unpaired) electrons. The van der Waals surface area contributed by atoms with Crippen molar-refractivity contribution in [1.29, 1.82) is 0 Å². The minimum atomic E-state index is -0.255. The molecule has 0 aromatic heterocycles. The Hall–Kier alpha value is -1.57. The Labute approximate surface area is 122 Å². The fourth-order valence-corrected chi connectivity index (χ4v) is 2.01. The fraction of sp³-hybridized carbons (Fsp3) is 0.500. The summed E-state index contributed by atoms with van der Waals surface area (Å²) in [7, 11) is 0. The molecule has 0 aliphatic heterocycles. The summed E-state index contributed by atoms with van der Waals surface area (Å²) in [6.45, 7) is 2.60. The molecule has 0 spiro atoms. The molecule has 2 nitrogen and oxygen atoms in total. The normalized spacial score (nSPS) is 10.8. The number of carbonyl (C=O) groups is 1. The van der Waals surface area contributed by atoms with Gasteiger partial charge in [-0.2, -0.15) is 0 Å². The molecule has 0 amide bonds. The summed E-state index contributed by atoms with van der Waals surface area (Å²) in [6.07, 6.45) is 13.0. The van der Waals surface area contributed by atoms with Crippen LogP contribution in [0.25, 0.3) is 0 Å². The van der Waals surface area contributed by atoms with Crippen LogP contribution in [0.3, 0.4) is 0 Å². The first-order chi connectivity index (χ1) is 9.84. The van der Waals surface area contributed by atoms with Crippen molar-refractivity contribution in [2.75, 3.05) is 6.61 Å². The van der Waals surface area contributed by atoms with Crippen LogP contribution in [0.4, 0.5) is 0 Å². The summed E-state index contributed by atoms with van der Waals surface area (Å²) in [5.74, 6) is -0.255. The lowest BCUT2D eigenvalue weighted by molar-refractivity contribution is 0.0549. The molecule has 1 aromatic rings. The summed E-state index contributed by atoms with van der Waals surface area (Å²) >= 11 is 0. The van der Waals surface area contributed by atoms with Crippen LogP contribution in [0.15, 0.2) is 42.5 Å². The van der Waals surface area contributed by atoms with E-state index in [-0.39, 0.29) is 5.97 Å². The molecule has 1 rings (SSSR count). The molecule has 20 heavy (non-hydrogen) atoms. The standard InChI is InChI=1S/C18H26O2/c1-2-3-4-5-6-7-8-9-13-16-20-18(19)17-14-11-10-12-15-17/h9-15H,2-8,16H2,1H3. The van der Waals surface area contributed by atoms with Gasteiger partial charge in [0.25, 0.3) is 0 Å². The third kappa shape index (κ3) is 7.78. The van der Waals surface area contributed by atoms with Gasteiger partial charge in [-0.15, -0.1) is 0 Å². The van der Waals surface area contributed by atoms with Crippen LogP contribution in [-0.2, 0) is 4.74 Å². The smallest absolute Gasteiger partial charge is 0.338 e. The molecule has 0 N–H and O–H groups in total. The summed E-state index contributed by atoms with van der Waals surface area (Å²) in [4.78, 5) is 11.6. The SMILES string of the molecule is CCCCCCCCC=CCOC(=O)c1ccccc1. The van der Waals surface area contributed by atoms with E-state index in [4.69, 9.17) is 4.74 Å². The Kier molecular flexibility index (Phi) is 9.29. The van der Waals surface area contributed by atoms with Crippen molar-refractivity contribution in [2.45, 2.75) is 51.9 Å². The second-order valence-corrected chi connectivity index (χ2v) is 4.99. The minimum absolute atomic E-state index is 0.255. The van der Waals surface area contributed by atoms with Gasteiger partial charge in [-0.1, -0.05) is 69.4 Å². The van der Waals surface area contributed by atoms with Gasteiger partial charge >= 0.3 is 5.97 Å². The van der Waals surface area contributed by atoms with E-state index in [1.807, 2.05) is 24.3 Å². The number of unbranched alkanes of at least 4 members (excludes halogenated alkanes) is 6. The number of esters is 1. The number of ether oxygens (including phenoxy) is 1. The van der Waals surface area contributed by atoms with Crippen molar-refractivity contribution in [1.82, 2.24) is 0 Å². The van der Waals surface area contributed by atoms with Crippen molar-refractivity contribution in [2.24, 2.45) is 0 Å². The van der Waals surface area contributed by atoms with E-state index in [2.05, 4.69) is 13.0 Å². The van der Waals surface area contributed by atoms with Crippen LogP contribution in [-0.4, -0.2) is 12.6 Å². The van der Waals surface area contributed by atoms with E-state index in [9.17, 15) is 4.79 Å². The van der Waals surface area contributed by atoms with E-state index in [1.54, 1.807) is 12.1 Å². The number of benzene rings is 1. The molecule has 0 heterocycles. The zero-order valence-corrected chi connectivity index (χ0v) is 12.5. The maximum Gasteiger partial charge on any atom is 0.338 e. The van der Waals surface area contributed by atoms with Gasteiger partial charge in [0.05, 0.1) is 5.56 Å². The maximum atomic E-state index is 11.6. The highest BCUT2D eigenvalue weighted by molar-refractivity contribution is 5.89. The first kappa shape index (κ1) is 16.5. The fourth-order valence-electron chi connectivity index (χ4n) is 2.01. The second-order valence-electron chi connectivity index (χ2n) is 4.99. The van der Waals surface area contributed by atoms with E-state index < -0.39 is 0 Å². The van der Waals surface area contributed by atoms with Crippen LogP contribution in [0.1, 0.15) is 62.2 Å². The Morgan fingerprint density at radius 1 is 1.00 bits per heavy atom. The van der Waals surface area contributed by atoms with E-state index in [0.717, 1.165) is 6.42 Å². The van der Waals surface area contributed by atoms with Crippen LogP contribution >= 0.6 is 0 Å². The Bertz CT molecular complexity index is 382. The van der Waals surface area contributed by atoms with E-state index in [1.165, 1.54) is 38.5 Å². The van der Waals surface area contributed by atoms with E-state index in [0.29, 0.717) is 12.2 Å². The highest BCUT2D eigenvalue weighted by Gasteiger charge is 2.03. The highest BCUT2D eigenvalue weighted by Crippen LogP contribution is 2.07. The van der Waals surface area contributed by atoms with Gasteiger partial charge in [0.1, 0.15) is 6.61 Å². The van der Waals surface area contributed by atoms with Gasteiger partial charge in [0.15, 0.2) is 0 Å². The van der Waals surface area contributed by atoms with Crippen molar-refractivity contribution >= 4 is 5.97 Å². The molecule has 1 aromatic carbocycles. The topological polar surface area (TPSA) is 26.3 Å². The quantitative estimate of drug-likeness (QED) is 0.335. The summed E-state index contributed by atoms with van der Waals surface area (Å²) in [5, 5.41) is 0. The predicted molar refractivity (Wildman–Crippen MR) is 83.9 cm³/mol. The lowest BCUT2D eigenvalue weighted by Crippen LogP contribution is -2.04. The summed E-state index contributed by atoms with van der Waals surface area (Å²) < 4.78 is 5.16. The molecule has 0 atom stereocenters. The predicted octanol–water partition coefficient (Wildman–Crippen LogP) is 5.15. The molecular weight excluding hydrogens is 248 g/mol. The number of allylic oxidation sites excluding steroid dienone is 1. The third-order valence-electron chi connectivity index (χ3n) is 3.21. The summed E-state index contributed by atoms with van der Waals surface area (Å²) in [6, 6.07) is 9.10. The minimum Gasteiger partial charge on any atom is -0.458 e. The summed E-state index contributed by atoms with van der Waals surface area (Å²) in [5.41, 5.74) is 0.608. The van der Waals surface area contributed by atoms with Crippen molar-refractivity contribution in [3.63, 3.8) is 0 Å². The molecule has 2 heteroatoms. The van der Waals surface area contributed by atoms with E-state index >= 15 is 0 Å². The molecule has 0 bridgehead atoms. The van der Waals surface area contributed by atoms with Gasteiger partial charge < -0.3 is 4.74 Å². The lowest BCUT2D eigenvalue weighted by Gasteiger charge is -2.01. The molecule has 0 fully saturated rings. The zero-order valence-electron chi connectivity index (χ0n) is 12.5. The molecule has 0 saturated heterocycles. The molecule has 0 aliphatic rings. The first-order valence-electron chi connectivity index (χ1n) is 7.71. The van der Waals surface area contributed by atoms with Gasteiger partial charge in [0, 0.05) is 0 Å². The van der Waals surface area contributed by atoms with Gasteiger partial charge in [-0.05, 0) is 25.0 Å². The average Bonchev–Trinajstić information content (AvgIpc) is 2.50. The van der Waals surface area contributed by atoms with Crippen LogP contribution in [0, 0.1) is 0 Å². The Morgan fingerprint density at radius 3 is 2.45 bits per heavy atom. The van der Waals surface area contributed by atoms with Gasteiger partial charge in [-0.25, -0.2) is 4.79 Å². The van der Waals surface area contributed by atoms with Gasteiger partial charge in [0.2, 0.25) is 0 Å². The number of hydrogen-bond acceptors (Lipinski definition) is 2. The zero-order chi connectivity index (χ0) is 14.5. The van der Waals surface area contributed by atoms with Crippen molar-refractivity contribution in [3.8, 4) is 0 Å². The van der Waals surface area contributed by atoms with Crippen LogP contribution < -0.4 is 0 Å². The maximum absolute atomic E-state index is 11.6. The first-order valence-corrected chi connectivity index (χ1v) is 7.71. The van der Waals surface area contributed by atoms with Crippen molar-refractivity contribution < 1.29 is 9.53 Å². The van der Waals surface area contributed by atoms with Gasteiger partial charge in [-0.3, -0.25) is 0 Å². The molecular formula is C18H26O2. The van der Waals surface area contributed by atoms with Crippen LogP contribution in [0.2, 0.25) is 0 Å². The lowest BCUT2D eigenvalue weighted by atomic mass is 10.1.